The van der Waals surface area contributed by atoms with E-state index in [4.69, 9.17) is 4.74 Å². The van der Waals surface area contributed by atoms with E-state index < -0.39 is 9.84 Å². The molecule has 8 heteroatoms. The number of ether oxygens (including phenoxy) is 1. The lowest BCUT2D eigenvalue weighted by Gasteiger charge is -2.10. The molecule has 0 bridgehead atoms. The maximum atomic E-state index is 12.1. The van der Waals surface area contributed by atoms with Crippen molar-refractivity contribution in [2.24, 2.45) is 4.99 Å². The number of phenols is 1. The minimum absolute atomic E-state index is 0.0885. The number of carbonyl (C=O) groups is 1. The number of phenolic OH excluding ortho intramolecular Hbond substituents is 1. The molecule has 2 aromatic carbocycles. The van der Waals surface area contributed by atoms with E-state index in [1.807, 2.05) is 0 Å². The fourth-order valence-corrected chi connectivity index (χ4v) is 2.95. The van der Waals surface area contributed by atoms with Crippen LogP contribution in [0.15, 0.2) is 64.1 Å². The molecule has 1 heterocycles. The van der Waals surface area contributed by atoms with Gasteiger partial charge in [0.1, 0.15) is 22.9 Å². The van der Waals surface area contributed by atoms with Gasteiger partial charge >= 0.3 is 0 Å². The van der Waals surface area contributed by atoms with E-state index in [0.29, 0.717) is 23.6 Å². The van der Waals surface area contributed by atoms with Crippen LogP contribution < -0.4 is 10.1 Å². The Bertz CT molecular complexity index is 1010. The monoisotopic (exact) mass is 372 g/mol. The van der Waals surface area contributed by atoms with Crippen molar-refractivity contribution in [3.8, 4) is 17.2 Å². The summed E-state index contributed by atoms with van der Waals surface area (Å²) >= 11 is 0. The third-order valence-electron chi connectivity index (χ3n) is 3.52. The predicted molar refractivity (Wildman–Crippen MR) is 97.6 cm³/mol. The fourth-order valence-electron chi connectivity index (χ4n) is 2.32. The number of amides is 1. The maximum Gasteiger partial charge on any atom is 0.273 e. The Kier molecular flexibility index (Phi) is 4.77. The Balaban J connectivity index is 1.77. The second kappa shape index (κ2) is 7.01. The Morgan fingerprint density at radius 1 is 1.15 bits per heavy atom. The number of hydrogen-bond donors (Lipinski definition) is 2. The first-order chi connectivity index (χ1) is 12.3. The Hall–Kier alpha value is -3.13. The topological polar surface area (TPSA) is 105 Å². The molecule has 0 saturated heterocycles. The largest absolute Gasteiger partial charge is 0.508 e. The fraction of sp³-hybridized carbons (Fsp3) is 0.111. The third-order valence-corrected chi connectivity index (χ3v) is 4.64. The number of rotatable bonds is 5. The molecule has 0 saturated carbocycles. The van der Waals surface area contributed by atoms with Crippen LogP contribution in [0.3, 0.4) is 0 Å². The van der Waals surface area contributed by atoms with Crippen LogP contribution in [0.1, 0.15) is 6.42 Å². The quantitative estimate of drug-likeness (QED) is 0.840. The number of anilines is 1. The summed E-state index contributed by atoms with van der Waals surface area (Å²) in [5.74, 6) is 0.210. The van der Waals surface area contributed by atoms with Crippen molar-refractivity contribution in [2.75, 3.05) is 11.6 Å². The van der Waals surface area contributed by atoms with E-state index in [-0.39, 0.29) is 22.3 Å². The molecule has 0 unspecified atom stereocenters. The number of benzene rings is 2. The SMILES string of the molecule is CS(=O)(=O)c1ccc(Oc2cc(O)cc(NC(=O)C3=CCC=N3)c2)cc1. The van der Waals surface area contributed by atoms with Crippen molar-refractivity contribution >= 4 is 27.6 Å². The zero-order valence-electron chi connectivity index (χ0n) is 13.8. The van der Waals surface area contributed by atoms with E-state index in [2.05, 4.69) is 10.3 Å². The van der Waals surface area contributed by atoms with Crippen LogP contribution in [0.25, 0.3) is 0 Å². The predicted octanol–water partition coefficient (Wildman–Crippen LogP) is 2.88. The van der Waals surface area contributed by atoms with Crippen molar-refractivity contribution in [3.63, 3.8) is 0 Å². The van der Waals surface area contributed by atoms with Gasteiger partial charge in [-0.3, -0.25) is 9.79 Å². The molecule has 0 fully saturated rings. The summed E-state index contributed by atoms with van der Waals surface area (Å²) in [7, 11) is -3.29. The van der Waals surface area contributed by atoms with Crippen LogP contribution in [-0.2, 0) is 14.6 Å². The van der Waals surface area contributed by atoms with Crippen LogP contribution in [0.5, 0.6) is 17.2 Å². The van der Waals surface area contributed by atoms with Crippen molar-refractivity contribution in [1.82, 2.24) is 0 Å². The highest BCUT2D eigenvalue weighted by Crippen LogP contribution is 2.30. The molecule has 0 aliphatic carbocycles. The summed E-state index contributed by atoms with van der Waals surface area (Å²) in [5.41, 5.74) is 0.660. The van der Waals surface area contributed by atoms with E-state index in [9.17, 15) is 18.3 Å². The average molecular weight is 372 g/mol. The normalized spacial score (nSPS) is 13.3. The van der Waals surface area contributed by atoms with Gasteiger partial charge in [-0.05, 0) is 30.3 Å². The van der Waals surface area contributed by atoms with Crippen LogP contribution >= 0.6 is 0 Å². The summed E-state index contributed by atoms with van der Waals surface area (Å²) in [6.45, 7) is 0. The molecule has 26 heavy (non-hydrogen) atoms. The third kappa shape index (κ3) is 4.28. The van der Waals surface area contributed by atoms with Gasteiger partial charge in [0.2, 0.25) is 0 Å². The van der Waals surface area contributed by atoms with Crippen LogP contribution in [0, 0.1) is 0 Å². The molecule has 3 rings (SSSR count). The lowest BCUT2D eigenvalue weighted by Crippen LogP contribution is -2.12. The standard InChI is InChI=1S/C18H16N2O5S/c1-26(23,24)16-6-4-14(5-7-16)25-15-10-12(9-13(21)11-15)20-18(22)17-3-2-8-19-17/h3-11,21H,2H2,1H3,(H,20,22). The first-order valence-electron chi connectivity index (χ1n) is 7.67. The molecule has 0 spiro atoms. The van der Waals surface area contributed by atoms with Crippen LogP contribution in [0.4, 0.5) is 5.69 Å². The van der Waals surface area contributed by atoms with Gasteiger partial charge in [-0.1, -0.05) is 0 Å². The molecular formula is C18H16N2O5S. The second-order valence-corrected chi connectivity index (χ2v) is 7.67. The molecule has 0 atom stereocenters. The number of aromatic hydroxyl groups is 1. The van der Waals surface area contributed by atoms with Crippen LogP contribution in [-0.4, -0.2) is 31.9 Å². The molecular weight excluding hydrogens is 356 g/mol. The first kappa shape index (κ1) is 17.7. The highest BCUT2D eigenvalue weighted by atomic mass is 32.2. The average Bonchev–Trinajstić information content (AvgIpc) is 3.08. The number of nitrogens with zero attached hydrogens (tertiary/aromatic N) is 1. The van der Waals surface area contributed by atoms with Gasteiger partial charge in [0, 0.05) is 42.8 Å². The van der Waals surface area contributed by atoms with E-state index in [1.165, 1.54) is 36.4 Å². The first-order valence-corrected chi connectivity index (χ1v) is 9.56. The number of aliphatic imine (C=N–C) groups is 1. The summed E-state index contributed by atoms with van der Waals surface area (Å²) in [6, 6.07) is 10.2. The zero-order valence-corrected chi connectivity index (χ0v) is 14.7. The lowest BCUT2D eigenvalue weighted by atomic mass is 10.2. The molecule has 1 amide bonds. The van der Waals surface area contributed by atoms with E-state index >= 15 is 0 Å². The molecule has 0 aromatic heterocycles. The Labute approximate surface area is 150 Å². The van der Waals surface area contributed by atoms with E-state index in [0.717, 1.165) is 6.26 Å². The highest BCUT2D eigenvalue weighted by molar-refractivity contribution is 7.90. The zero-order chi connectivity index (χ0) is 18.7. The highest BCUT2D eigenvalue weighted by Gasteiger charge is 2.12. The van der Waals surface area contributed by atoms with Crippen LogP contribution in [0.2, 0.25) is 0 Å². The summed E-state index contributed by atoms with van der Waals surface area (Å²) in [5, 5.41) is 12.5. The van der Waals surface area contributed by atoms with Gasteiger partial charge in [-0.15, -0.1) is 0 Å². The number of hydrogen-bond acceptors (Lipinski definition) is 6. The smallest absolute Gasteiger partial charge is 0.273 e. The second-order valence-electron chi connectivity index (χ2n) is 5.65. The van der Waals surface area contributed by atoms with Crippen molar-refractivity contribution in [2.45, 2.75) is 11.3 Å². The van der Waals surface area contributed by atoms with Crippen molar-refractivity contribution in [3.05, 3.63) is 54.2 Å². The Morgan fingerprint density at radius 2 is 1.88 bits per heavy atom. The minimum atomic E-state index is -3.29. The lowest BCUT2D eigenvalue weighted by molar-refractivity contribution is -0.112. The summed E-state index contributed by atoms with van der Waals surface area (Å²) in [4.78, 5) is 16.2. The van der Waals surface area contributed by atoms with Gasteiger partial charge in [0.25, 0.3) is 5.91 Å². The number of carbonyl (C=O) groups excluding carboxylic acids is 1. The maximum absolute atomic E-state index is 12.1. The molecule has 1 aliphatic heterocycles. The van der Waals surface area contributed by atoms with Crippen molar-refractivity contribution in [1.29, 1.82) is 0 Å². The molecule has 2 aromatic rings. The summed E-state index contributed by atoms with van der Waals surface area (Å²) in [6.07, 6.45) is 5.06. The number of nitrogens with one attached hydrogen (secondary N) is 1. The minimum Gasteiger partial charge on any atom is -0.508 e. The van der Waals surface area contributed by atoms with Gasteiger partial charge in [-0.25, -0.2) is 8.42 Å². The van der Waals surface area contributed by atoms with Gasteiger partial charge in [0.15, 0.2) is 9.84 Å². The molecule has 7 nitrogen and oxygen atoms in total. The number of allylic oxidation sites excluding steroid dienone is 1. The van der Waals surface area contributed by atoms with Gasteiger partial charge < -0.3 is 15.2 Å². The van der Waals surface area contributed by atoms with Crippen molar-refractivity contribution < 1.29 is 23.1 Å². The molecule has 0 radical (unpaired) electrons. The Morgan fingerprint density at radius 3 is 2.50 bits per heavy atom. The number of sulfone groups is 1. The van der Waals surface area contributed by atoms with E-state index in [1.54, 1.807) is 18.4 Å². The van der Waals surface area contributed by atoms with Gasteiger partial charge in [0.05, 0.1) is 4.90 Å². The molecule has 2 N–H and O–H groups in total. The molecule has 134 valence electrons. The van der Waals surface area contributed by atoms with Gasteiger partial charge in [-0.2, -0.15) is 0 Å². The molecule has 1 aliphatic rings. The summed E-state index contributed by atoms with van der Waals surface area (Å²) < 4.78 is 28.6.